The Morgan fingerprint density at radius 1 is 1.21 bits per heavy atom. The summed E-state index contributed by atoms with van der Waals surface area (Å²) in [6.07, 6.45) is 4.71. The summed E-state index contributed by atoms with van der Waals surface area (Å²) in [5, 5.41) is 13.3. The molecule has 2 heterocycles. The van der Waals surface area contributed by atoms with Crippen molar-refractivity contribution >= 4 is 21.8 Å². The molecule has 6 heteroatoms. The van der Waals surface area contributed by atoms with Crippen LogP contribution in [0.15, 0.2) is 53.4 Å². The van der Waals surface area contributed by atoms with E-state index in [2.05, 4.69) is 11.4 Å². The smallest absolute Gasteiger partial charge is 0.243 e. The zero-order valence-electron chi connectivity index (χ0n) is 16.2. The van der Waals surface area contributed by atoms with E-state index in [0.29, 0.717) is 11.4 Å². The molecule has 0 aliphatic carbocycles. The largest absolute Gasteiger partial charge is 0.394 e. The first-order valence-electron chi connectivity index (χ1n) is 9.68. The van der Waals surface area contributed by atoms with Crippen LogP contribution in [-0.2, 0) is 10.0 Å². The van der Waals surface area contributed by atoms with Crippen LogP contribution in [0.4, 0.5) is 5.69 Å². The number of allylic oxidation sites excluding steroid dienone is 1. The van der Waals surface area contributed by atoms with Crippen LogP contribution < -0.4 is 5.32 Å². The lowest BCUT2D eigenvalue weighted by atomic mass is 9.83. The quantitative estimate of drug-likeness (QED) is 0.826. The minimum absolute atomic E-state index is 0.0182. The molecule has 0 amide bonds. The molecular weight excluding hydrogens is 372 g/mol. The van der Waals surface area contributed by atoms with Crippen molar-refractivity contribution in [3.63, 3.8) is 0 Å². The van der Waals surface area contributed by atoms with Gasteiger partial charge < -0.3 is 10.4 Å². The Balaban J connectivity index is 1.81. The topological polar surface area (TPSA) is 69.6 Å². The molecule has 28 heavy (non-hydrogen) atoms. The van der Waals surface area contributed by atoms with Crippen molar-refractivity contribution in [2.75, 3.05) is 18.5 Å². The van der Waals surface area contributed by atoms with Crippen molar-refractivity contribution in [2.45, 2.75) is 37.2 Å². The molecule has 4 rings (SSSR count). The van der Waals surface area contributed by atoms with Crippen LogP contribution in [0.3, 0.4) is 0 Å². The van der Waals surface area contributed by atoms with Crippen LogP contribution in [-0.4, -0.2) is 37.0 Å². The van der Waals surface area contributed by atoms with Gasteiger partial charge in [-0.3, -0.25) is 0 Å². The number of anilines is 1. The summed E-state index contributed by atoms with van der Waals surface area (Å²) in [6.45, 7) is 4.35. The zero-order chi connectivity index (χ0) is 19.9. The number of sulfonamides is 1. The molecule has 148 valence electrons. The zero-order valence-corrected chi connectivity index (χ0v) is 17.0. The van der Waals surface area contributed by atoms with E-state index < -0.39 is 10.0 Å². The van der Waals surface area contributed by atoms with E-state index in [9.17, 15) is 13.5 Å². The lowest BCUT2D eigenvalue weighted by Gasteiger charge is -2.39. The fourth-order valence-corrected chi connectivity index (χ4v) is 6.12. The maximum atomic E-state index is 13.4. The predicted octanol–water partition coefficient (Wildman–Crippen LogP) is 3.57. The van der Waals surface area contributed by atoms with Gasteiger partial charge in [-0.1, -0.05) is 35.9 Å². The van der Waals surface area contributed by atoms with Crippen LogP contribution in [0.25, 0.3) is 6.08 Å². The minimum atomic E-state index is -3.62. The van der Waals surface area contributed by atoms with E-state index in [4.69, 9.17) is 0 Å². The minimum Gasteiger partial charge on any atom is -0.394 e. The number of fused-ring (bicyclic) bond motifs is 3. The third kappa shape index (κ3) is 3.15. The lowest BCUT2D eigenvalue weighted by molar-refractivity contribution is 0.210. The van der Waals surface area contributed by atoms with E-state index in [0.717, 1.165) is 28.8 Å². The van der Waals surface area contributed by atoms with E-state index in [1.807, 2.05) is 50.3 Å². The first kappa shape index (κ1) is 19.2. The number of nitrogens with one attached hydrogen (secondary N) is 1. The van der Waals surface area contributed by atoms with Gasteiger partial charge in [0.15, 0.2) is 0 Å². The van der Waals surface area contributed by atoms with Gasteiger partial charge in [-0.05, 0) is 55.7 Å². The monoisotopic (exact) mass is 398 g/mol. The number of aliphatic hydroxyl groups is 1. The van der Waals surface area contributed by atoms with E-state index in [1.165, 1.54) is 0 Å². The van der Waals surface area contributed by atoms with Crippen molar-refractivity contribution in [3.8, 4) is 0 Å². The second-order valence-electron chi connectivity index (χ2n) is 7.61. The number of rotatable bonds is 4. The van der Waals surface area contributed by atoms with Crippen LogP contribution >= 0.6 is 0 Å². The first-order valence-corrected chi connectivity index (χ1v) is 11.1. The van der Waals surface area contributed by atoms with Gasteiger partial charge in [0.1, 0.15) is 0 Å². The molecule has 2 aromatic rings. The number of nitrogens with zero attached hydrogens (tertiary/aromatic N) is 1. The summed E-state index contributed by atoms with van der Waals surface area (Å²) in [7, 11) is -3.62. The number of hydrogen-bond donors (Lipinski definition) is 2. The standard InChI is InChI=1S/C22H26N2O3S/c1-3-4-16-7-10-20-19(13-16)22-18(21(14-25)23-20)11-12-24(22)28(26,27)17-8-5-15(2)6-9-17/h3-10,13,18,21-23,25H,11-12,14H2,1-2H3/b4-3+/t18-,21+,22-/m1/s1. The van der Waals surface area contributed by atoms with Crippen molar-refractivity contribution < 1.29 is 13.5 Å². The molecule has 0 bridgehead atoms. The summed E-state index contributed by atoms with van der Waals surface area (Å²) in [5.41, 5.74) is 3.96. The van der Waals surface area contributed by atoms with Gasteiger partial charge in [0.25, 0.3) is 0 Å². The molecule has 3 atom stereocenters. The molecule has 1 fully saturated rings. The highest BCUT2D eigenvalue weighted by molar-refractivity contribution is 7.89. The normalized spacial score (nSPS) is 24.8. The molecule has 0 saturated carbocycles. The van der Waals surface area contributed by atoms with Crippen LogP contribution in [0.1, 0.15) is 36.1 Å². The fourth-order valence-electron chi connectivity index (χ4n) is 4.45. The number of hydrogen-bond acceptors (Lipinski definition) is 4. The second kappa shape index (κ2) is 7.35. The van der Waals surface area contributed by atoms with Crippen LogP contribution in [0, 0.1) is 12.8 Å². The Morgan fingerprint density at radius 3 is 2.64 bits per heavy atom. The Labute approximate surface area is 166 Å². The lowest BCUT2D eigenvalue weighted by Crippen LogP contribution is -2.42. The SMILES string of the molecule is C/C=C/c1ccc2c(c1)[C@H]1[C@H](CCN1S(=O)(=O)c1ccc(C)cc1)[C@H](CO)N2. The van der Waals surface area contributed by atoms with Gasteiger partial charge in [0.05, 0.1) is 23.6 Å². The third-order valence-electron chi connectivity index (χ3n) is 5.83. The number of benzene rings is 2. The van der Waals surface area contributed by atoms with Crippen LogP contribution in [0.5, 0.6) is 0 Å². The summed E-state index contributed by atoms with van der Waals surface area (Å²) in [6, 6.07) is 12.7. The maximum absolute atomic E-state index is 13.4. The molecule has 2 aromatic carbocycles. The van der Waals surface area contributed by atoms with Crippen molar-refractivity contribution in [3.05, 3.63) is 65.2 Å². The van der Waals surface area contributed by atoms with Gasteiger partial charge in [0, 0.05) is 18.2 Å². The fraction of sp³-hybridized carbons (Fsp3) is 0.364. The molecule has 0 aromatic heterocycles. The Hall–Kier alpha value is -2.15. The van der Waals surface area contributed by atoms with Crippen molar-refractivity contribution in [1.29, 1.82) is 0 Å². The average Bonchev–Trinajstić information content (AvgIpc) is 3.14. The summed E-state index contributed by atoms with van der Waals surface area (Å²) in [4.78, 5) is 0.323. The van der Waals surface area contributed by atoms with Crippen molar-refractivity contribution in [1.82, 2.24) is 4.31 Å². The van der Waals surface area contributed by atoms with Crippen molar-refractivity contribution in [2.24, 2.45) is 5.92 Å². The second-order valence-corrected chi connectivity index (χ2v) is 9.50. The highest BCUT2D eigenvalue weighted by atomic mass is 32.2. The maximum Gasteiger partial charge on any atom is 0.243 e. The highest BCUT2D eigenvalue weighted by Gasteiger charge is 2.48. The molecule has 2 N–H and O–H groups in total. The molecule has 0 radical (unpaired) electrons. The summed E-state index contributed by atoms with van der Waals surface area (Å²) >= 11 is 0. The molecule has 2 aliphatic rings. The third-order valence-corrected chi connectivity index (χ3v) is 7.73. The van der Waals surface area contributed by atoms with E-state index in [1.54, 1.807) is 16.4 Å². The van der Waals surface area contributed by atoms with Gasteiger partial charge in [-0.15, -0.1) is 0 Å². The number of aliphatic hydroxyl groups excluding tert-OH is 1. The molecule has 0 spiro atoms. The Bertz CT molecular complexity index is 999. The summed E-state index contributed by atoms with van der Waals surface area (Å²) in [5.74, 6) is 0.0404. The Kier molecular flexibility index (Phi) is 5.04. The molecule has 1 saturated heterocycles. The first-order chi connectivity index (χ1) is 13.5. The van der Waals surface area contributed by atoms with E-state index in [-0.39, 0.29) is 24.6 Å². The van der Waals surface area contributed by atoms with Gasteiger partial charge >= 0.3 is 0 Å². The highest BCUT2D eigenvalue weighted by Crippen LogP contribution is 2.48. The predicted molar refractivity (Wildman–Crippen MR) is 112 cm³/mol. The summed E-state index contributed by atoms with van der Waals surface area (Å²) < 4.78 is 28.5. The van der Waals surface area contributed by atoms with Crippen LogP contribution in [0.2, 0.25) is 0 Å². The van der Waals surface area contributed by atoms with Gasteiger partial charge in [-0.25, -0.2) is 8.42 Å². The average molecular weight is 399 g/mol. The Morgan fingerprint density at radius 2 is 1.96 bits per heavy atom. The van der Waals surface area contributed by atoms with Gasteiger partial charge in [-0.2, -0.15) is 4.31 Å². The molecule has 0 unspecified atom stereocenters. The molecular formula is C22H26N2O3S. The molecule has 5 nitrogen and oxygen atoms in total. The van der Waals surface area contributed by atoms with Gasteiger partial charge in [0.2, 0.25) is 10.0 Å². The van der Waals surface area contributed by atoms with E-state index >= 15 is 0 Å². The number of aryl methyl sites for hydroxylation is 1. The molecule has 2 aliphatic heterocycles.